The summed E-state index contributed by atoms with van der Waals surface area (Å²) in [5.41, 5.74) is 1.35. The van der Waals surface area contributed by atoms with Crippen molar-refractivity contribution in [1.82, 2.24) is 5.32 Å². The first-order valence-electron chi connectivity index (χ1n) is 7.19. The molecule has 0 radical (unpaired) electrons. The second kappa shape index (κ2) is 7.84. The van der Waals surface area contributed by atoms with Gasteiger partial charge in [-0.25, -0.2) is 0 Å². The summed E-state index contributed by atoms with van der Waals surface area (Å²) in [6, 6.07) is 5.29. The Morgan fingerprint density at radius 2 is 2.09 bits per heavy atom. The molecule has 1 aromatic carbocycles. The number of aliphatic carboxylic acids is 1. The van der Waals surface area contributed by atoms with Crippen LogP contribution in [0, 0.1) is 0 Å². The minimum atomic E-state index is -0.786. The molecule has 0 aromatic heterocycles. The summed E-state index contributed by atoms with van der Waals surface area (Å²) in [4.78, 5) is 22.4. The molecule has 0 unspecified atom stereocenters. The van der Waals surface area contributed by atoms with Crippen molar-refractivity contribution in [1.29, 1.82) is 0 Å². The zero-order valence-corrected chi connectivity index (χ0v) is 12.9. The van der Waals surface area contributed by atoms with Gasteiger partial charge in [-0.15, -0.1) is 0 Å². The molecular weight excluding hydrogens is 306 g/mol. The Kier molecular flexibility index (Phi) is 5.83. The maximum Gasteiger partial charge on any atom is 0.303 e. The summed E-state index contributed by atoms with van der Waals surface area (Å²) in [6.45, 7) is 0.762. The number of benzene rings is 1. The van der Waals surface area contributed by atoms with Gasteiger partial charge in [-0.1, -0.05) is 18.0 Å². The average Bonchev–Trinajstić information content (AvgIpc) is 2.49. The smallest absolute Gasteiger partial charge is 0.303 e. The van der Waals surface area contributed by atoms with Gasteiger partial charge in [0.15, 0.2) is 0 Å². The molecule has 1 aliphatic heterocycles. The summed E-state index contributed by atoms with van der Waals surface area (Å²) < 4.78 is 5.53. The topological polar surface area (TPSA) is 75.6 Å². The number of rotatable bonds is 7. The minimum absolute atomic E-state index is 0.163. The van der Waals surface area contributed by atoms with E-state index in [0.717, 1.165) is 24.2 Å². The van der Waals surface area contributed by atoms with Gasteiger partial charge in [-0.05, 0) is 37.1 Å². The molecule has 0 atom stereocenters. The first-order valence-corrected chi connectivity index (χ1v) is 7.57. The van der Waals surface area contributed by atoms with E-state index >= 15 is 0 Å². The van der Waals surface area contributed by atoms with Gasteiger partial charge in [0.2, 0.25) is 0 Å². The molecule has 0 bridgehead atoms. The molecule has 2 rings (SSSR count). The molecule has 6 heteroatoms. The maximum absolute atomic E-state index is 12.0. The van der Waals surface area contributed by atoms with E-state index in [-0.39, 0.29) is 18.9 Å². The molecule has 1 aliphatic rings. The van der Waals surface area contributed by atoms with Gasteiger partial charge in [0.25, 0.3) is 5.91 Å². The predicted octanol–water partition coefficient (Wildman–Crippen LogP) is 2.88. The lowest BCUT2D eigenvalue weighted by atomic mass is 10.1. The highest BCUT2D eigenvalue weighted by Gasteiger charge is 2.17. The highest BCUT2D eigenvalue weighted by molar-refractivity contribution is 6.30. The van der Waals surface area contributed by atoms with Gasteiger partial charge < -0.3 is 15.2 Å². The summed E-state index contributed by atoms with van der Waals surface area (Å²) in [5, 5.41) is 11.9. The normalized spacial score (nSPS) is 12.9. The van der Waals surface area contributed by atoms with E-state index in [1.54, 1.807) is 24.3 Å². The van der Waals surface area contributed by atoms with Crippen LogP contribution in [-0.2, 0) is 9.59 Å². The number of fused-ring (bicyclic) bond motifs is 1. The Hall–Kier alpha value is -2.01. The first kappa shape index (κ1) is 16.4. The largest absolute Gasteiger partial charge is 0.488 e. The van der Waals surface area contributed by atoms with Crippen molar-refractivity contribution < 1.29 is 19.4 Å². The Balaban J connectivity index is 1.80. The number of carboxylic acids is 1. The van der Waals surface area contributed by atoms with E-state index < -0.39 is 5.97 Å². The van der Waals surface area contributed by atoms with Crippen molar-refractivity contribution >= 4 is 29.6 Å². The third-order valence-electron chi connectivity index (χ3n) is 3.33. The van der Waals surface area contributed by atoms with E-state index in [0.29, 0.717) is 23.6 Å². The zero-order chi connectivity index (χ0) is 15.9. The van der Waals surface area contributed by atoms with Gasteiger partial charge in [-0.2, -0.15) is 0 Å². The van der Waals surface area contributed by atoms with Crippen LogP contribution >= 0.6 is 11.6 Å². The van der Waals surface area contributed by atoms with Crippen molar-refractivity contribution in [3.05, 3.63) is 34.4 Å². The zero-order valence-electron chi connectivity index (χ0n) is 12.1. The maximum atomic E-state index is 12.0. The lowest BCUT2D eigenvalue weighted by Gasteiger charge is -2.17. The number of carbonyl (C=O) groups excluding carboxylic acids is 1. The molecule has 0 saturated heterocycles. The van der Waals surface area contributed by atoms with Crippen molar-refractivity contribution in [2.24, 2.45) is 0 Å². The number of ether oxygens (including phenoxy) is 1. The molecule has 1 heterocycles. The van der Waals surface area contributed by atoms with Gasteiger partial charge >= 0.3 is 5.97 Å². The van der Waals surface area contributed by atoms with Crippen LogP contribution in [0.1, 0.15) is 31.2 Å². The van der Waals surface area contributed by atoms with Gasteiger partial charge in [-0.3, -0.25) is 9.59 Å². The highest BCUT2D eigenvalue weighted by atomic mass is 35.5. The van der Waals surface area contributed by atoms with Gasteiger partial charge in [0, 0.05) is 23.6 Å². The fraction of sp³-hybridized carbons (Fsp3) is 0.375. The van der Waals surface area contributed by atoms with Gasteiger partial charge in [0.05, 0.1) is 5.57 Å². The Labute approximate surface area is 133 Å². The number of hydrogen-bond acceptors (Lipinski definition) is 3. The molecule has 5 nitrogen and oxygen atoms in total. The van der Waals surface area contributed by atoms with Crippen molar-refractivity contribution in [3.8, 4) is 5.75 Å². The molecule has 1 aromatic rings. The second-order valence-electron chi connectivity index (χ2n) is 5.10. The summed E-state index contributed by atoms with van der Waals surface area (Å²) in [6.07, 6.45) is 4.12. The van der Waals surface area contributed by atoms with Crippen molar-refractivity contribution in [3.63, 3.8) is 0 Å². The van der Waals surface area contributed by atoms with Crippen LogP contribution in [0.25, 0.3) is 6.08 Å². The molecule has 0 spiro atoms. The van der Waals surface area contributed by atoms with E-state index in [9.17, 15) is 9.59 Å². The van der Waals surface area contributed by atoms with E-state index in [2.05, 4.69) is 5.32 Å². The fourth-order valence-electron chi connectivity index (χ4n) is 2.17. The summed E-state index contributed by atoms with van der Waals surface area (Å²) >= 11 is 5.93. The molecule has 0 aliphatic carbocycles. The van der Waals surface area contributed by atoms with Crippen molar-refractivity contribution in [2.75, 3.05) is 13.2 Å². The van der Waals surface area contributed by atoms with E-state index in [1.807, 2.05) is 0 Å². The molecule has 1 amide bonds. The van der Waals surface area contributed by atoms with Crippen LogP contribution < -0.4 is 10.1 Å². The van der Waals surface area contributed by atoms with Gasteiger partial charge in [0.1, 0.15) is 12.4 Å². The molecule has 2 N–H and O–H groups in total. The number of hydrogen-bond donors (Lipinski definition) is 2. The van der Waals surface area contributed by atoms with E-state index in [1.165, 1.54) is 0 Å². The Morgan fingerprint density at radius 1 is 1.27 bits per heavy atom. The quantitative estimate of drug-likeness (QED) is 0.757. The van der Waals surface area contributed by atoms with Crippen LogP contribution in [0.2, 0.25) is 5.02 Å². The number of amides is 1. The lowest BCUT2D eigenvalue weighted by Crippen LogP contribution is -2.29. The molecule has 0 fully saturated rings. The summed E-state index contributed by atoms with van der Waals surface area (Å²) in [5.74, 6) is -0.232. The first-order chi connectivity index (χ1) is 10.6. The monoisotopic (exact) mass is 323 g/mol. The standard InChI is InChI=1S/C16H18ClNO4/c17-13-5-6-14-11(9-13)8-12(10-22-14)16(21)18-7-3-1-2-4-15(19)20/h5-6,8-9H,1-4,7,10H2,(H,18,21)(H,19,20). The van der Waals surface area contributed by atoms with E-state index in [4.69, 9.17) is 21.4 Å². The number of nitrogens with one attached hydrogen (secondary N) is 1. The lowest BCUT2D eigenvalue weighted by molar-refractivity contribution is -0.137. The second-order valence-corrected chi connectivity index (χ2v) is 5.54. The molecule has 118 valence electrons. The third kappa shape index (κ3) is 4.77. The van der Waals surface area contributed by atoms with Crippen LogP contribution in [0.15, 0.2) is 23.8 Å². The van der Waals surface area contributed by atoms with Crippen LogP contribution in [0.5, 0.6) is 5.75 Å². The summed E-state index contributed by atoms with van der Waals surface area (Å²) in [7, 11) is 0. The number of halogens is 1. The number of unbranched alkanes of at least 4 members (excludes halogenated alkanes) is 2. The Morgan fingerprint density at radius 3 is 2.86 bits per heavy atom. The number of carboxylic acid groups (broad SMARTS) is 1. The molecule has 0 saturated carbocycles. The third-order valence-corrected chi connectivity index (χ3v) is 3.56. The SMILES string of the molecule is O=C(O)CCCCCNC(=O)C1=Cc2cc(Cl)ccc2OC1. The molecular formula is C16H18ClNO4. The predicted molar refractivity (Wildman–Crippen MR) is 84.0 cm³/mol. The minimum Gasteiger partial charge on any atom is -0.488 e. The highest BCUT2D eigenvalue weighted by Crippen LogP contribution is 2.28. The van der Waals surface area contributed by atoms with Crippen LogP contribution in [0.3, 0.4) is 0 Å². The number of carbonyl (C=O) groups is 2. The van der Waals surface area contributed by atoms with Crippen LogP contribution in [0.4, 0.5) is 0 Å². The van der Waals surface area contributed by atoms with Crippen molar-refractivity contribution in [2.45, 2.75) is 25.7 Å². The average molecular weight is 324 g/mol. The fourth-order valence-corrected chi connectivity index (χ4v) is 2.35. The van der Waals surface area contributed by atoms with Crippen LogP contribution in [-0.4, -0.2) is 30.1 Å². The Bertz CT molecular complexity index is 598. The molecule has 22 heavy (non-hydrogen) atoms.